The van der Waals surface area contributed by atoms with Gasteiger partial charge in [-0.15, -0.1) is 0 Å². The summed E-state index contributed by atoms with van der Waals surface area (Å²) >= 11 is 0. The first-order valence-corrected chi connectivity index (χ1v) is 5.36. The standard InChI is InChI=1S/C13H12FN3O/c1-8-4-3-7-16-11(8)13(18)17-12-9(14)5-2-6-10(12)15/h2-7H,15H2,1H3,(H,17,18). The monoisotopic (exact) mass is 245 g/mol. The van der Waals surface area contributed by atoms with Crippen molar-refractivity contribution >= 4 is 17.3 Å². The minimum absolute atomic E-state index is 0.0208. The van der Waals surface area contributed by atoms with Crippen molar-refractivity contribution in [3.05, 3.63) is 53.6 Å². The van der Waals surface area contributed by atoms with Gasteiger partial charge in [0.2, 0.25) is 0 Å². The summed E-state index contributed by atoms with van der Waals surface area (Å²) in [5.74, 6) is -1.05. The van der Waals surface area contributed by atoms with Gasteiger partial charge in [-0.25, -0.2) is 4.39 Å². The maximum absolute atomic E-state index is 13.5. The number of amides is 1. The fraction of sp³-hybridized carbons (Fsp3) is 0.0769. The topological polar surface area (TPSA) is 68.0 Å². The molecular weight excluding hydrogens is 233 g/mol. The third-order valence-corrected chi connectivity index (χ3v) is 2.51. The number of hydrogen-bond donors (Lipinski definition) is 2. The molecule has 2 rings (SSSR count). The molecule has 5 heteroatoms. The van der Waals surface area contributed by atoms with E-state index >= 15 is 0 Å². The Morgan fingerprint density at radius 2 is 2.11 bits per heavy atom. The number of halogens is 1. The molecule has 1 amide bonds. The van der Waals surface area contributed by atoms with Crippen molar-refractivity contribution in [3.63, 3.8) is 0 Å². The largest absolute Gasteiger partial charge is 0.397 e. The Balaban J connectivity index is 2.30. The van der Waals surface area contributed by atoms with Gasteiger partial charge in [-0.1, -0.05) is 12.1 Å². The van der Waals surface area contributed by atoms with Crippen LogP contribution in [0.3, 0.4) is 0 Å². The molecular formula is C13H12FN3O. The highest BCUT2D eigenvalue weighted by Gasteiger charge is 2.14. The molecule has 0 unspecified atom stereocenters. The quantitative estimate of drug-likeness (QED) is 0.798. The summed E-state index contributed by atoms with van der Waals surface area (Å²) in [4.78, 5) is 15.9. The Morgan fingerprint density at radius 3 is 2.78 bits per heavy atom. The molecule has 0 atom stereocenters. The zero-order valence-corrected chi connectivity index (χ0v) is 9.77. The van der Waals surface area contributed by atoms with Gasteiger partial charge >= 0.3 is 0 Å². The molecule has 0 aliphatic rings. The normalized spacial score (nSPS) is 10.1. The lowest BCUT2D eigenvalue weighted by atomic mass is 10.2. The smallest absolute Gasteiger partial charge is 0.274 e. The Hall–Kier alpha value is -2.43. The van der Waals surface area contributed by atoms with Crippen molar-refractivity contribution < 1.29 is 9.18 Å². The Morgan fingerprint density at radius 1 is 1.33 bits per heavy atom. The summed E-state index contributed by atoms with van der Waals surface area (Å²) in [7, 11) is 0. The van der Waals surface area contributed by atoms with Gasteiger partial charge < -0.3 is 11.1 Å². The Labute approximate surface area is 104 Å². The number of para-hydroxylation sites is 1. The molecule has 1 aromatic heterocycles. The van der Waals surface area contributed by atoms with Crippen LogP contribution in [0.5, 0.6) is 0 Å². The Bertz CT molecular complexity index is 578. The molecule has 0 radical (unpaired) electrons. The van der Waals surface area contributed by atoms with Crippen LogP contribution in [0.4, 0.5) is 15.8 Å². The van der Waals surface area contributed by atoms with Crippen molar-refractivity contribution in [2.45, 2.75) is 6.92 Å². The van der Waals surface area contributed by atoms with Crippen LogP contribution in [0.25, 0.3) is 0 Å². The lowest BCUT2D eigenvalue weighted by molar-refractivity contribution is 0.102. The van der Waals surface area contributed by atoms with Crippen LogP contribution >= 0.6 is 0 Å². The van der Waals surface area contributed by atoms with Crippen LogP contribution in [0.2, 0.25) is 0 Å². The van der Waals surface area contributed by atoms with E-state index < -0.39 is 11.7 Å². The Kier molecular flexibility index (Phi) is 3.23. The predicted octanol–water partition coefficient (Wildman–Crippen LogP) is 2.36. The van der Waals surface area contributed by atoms with Crippen LogP contribution in [0, 0.1) is 12.7 Å². The summed E-state index contributed by atoms with van der Waals surface area (Å²) in [6.07, 6.45) is 1.51. The number of pyridine rings is 1. The summed E-state index contributed by atoms with van der Waals surface area (Å²) in [6.45, 7) is 1.76. The summed E-state index contributed by atoms with van der Waals surface area (Å²) < 4.78 is 13.5. The molecule has 2 aromatic rings. The van der Waals surface area contributed by atoms with Crippen LogP contribution in [-0.4, -0.2) is 10.9 Å². The minimum atomic E-state index is -0.572. The van der Waals surface area contributed by atoms with Gasteiger partial charge in [0.1, 0.15) is 17.2 Å². The zero-order chi connectivity index (χ0) is 13.1. The first-order valence-electron chi connectivity index (χ1n) is 5.36. The number of anilines is 2. The number of aryl methyl sites for hydroxylation is 1. The van der Waals surface area contributed by atoms with Gasteiger partial charge in [0, 0.05) is 6.20 Å². The molecule has 4 nitrogen and oxygen atoms in total. The van der Waals surface area contributed by atoms with Crippen LogP contribution in [0.1, 0.15) is 16.1 Å². The first kappa shape index (κ1) is 12.0. The van der Waals surface area contributed by atoms with Gasteiger partial charge in [0.15, 0.2) is 0 Å². The molecule has 0 saturated heterocycles. The predicted molar refractivity (Wildman–Crippen MR) is 67.7 cm³/mol. The zero-order valence-electron chi connectivity index (χ0n) is 9.77. The van der Waals surface area contributed by atoms with E-state index in [1.54, 1.807) is 19.1 Å². The number of nitrogen functional groups attached to an aromatic ring is 1. The van der Waals surface area contributed by atoms with E-state index in [1.807, 2.05) is 0 Å². The summed E-state index contributed by atoms with van der Waals surface area (Å²) in [5, 5.41) is 2.43. The van der Waals surface area contributed by atoms with E-state index in [0.29, 0.717) is 5.56 Å². The lowest BCUT2D eigenvalue weighted by Gasteiger charge is -2.09. The minimum Gasteiger partial charge on any atom is -0.397 e. The van der Waals surface area contributed by atoms with E-state index in [4.69, 9.17) is 5.73 Å². The number of rotatable bonds is 2. The number of aromatic nitrogens is 1. The summed E-state index contributed by atoms with van der Waals surface area (Å²) in [6, 6.07) is 7.71. The number of nitrogens with zero attached hydrogens (tertiary/aromatic N) is 1. The SMILES string of the molecule is Cc1cccnc1C(=O)Nc1c(N)cccc1F. The second-order valence-corrected chi connectivity index (χ2v) is 3.83. The second kappa shape index (κ2) is 4.83. The molecule has 0 aliphatic carbocycles. The third kappa shape index (κ3) is 2.29. The average molecular weight is 245 g/mol. The van der Waals surface area contributed by atoms with E-state index in [2.05, 4.69) is 10.3 Å². The molecule has 92 valence electrons. The highest BCUT2D eigenvalue weighted by Crippen LogP contribution is 2.22. The number of nitrogens with one attached hydrogen (secondary N) is 1. The van der Waals surface area contributed by atoms with Crippen molar-refractivity contribution in [1.29, 1.82) is 0 Å². The van der Waals surface area contributed by atoms with Crippen molar-refractivity contribution in [3.8, 4) is 0 Å². The number of nitrogens with two attached hydrogens (primary N) is 1. The van der Waals surface area contributed by atoms with Crippen molar-refractivity contribution in [2.75, 3.05) is 11.1 Å². The summed E-state index contributed by atoms with van der Waals surface area (Å²) in [5.41, 5.74) is 6.73. The molecule has 1 aromatic carbocycles. The van der Waals surface area contributed by atoms with Crippen molar-refractivity contribution in [1.82, 2.24) is 4.98 Å². The van der Waals surface area contributed by atoms with E-state index in [-0.39, 0.29) is 17.1 Å². The lowest BCUT2D eigenvalue weighted by Crippen LogP contribution is -2.17. The van der Waals surface area contributed by atoms with Gasteiger partial charge in [-0.2, -0.15) is 0 Å². The van der Waals surface area contributed by atoms with E-state index in [0.717, 1.165) is 0 Å². The van der Waals surface area contributed by atoms with Gasteiger partial charge in [-0.05, 0) is 30.7 Å². The molecule has 0 aliphatic heterocycles. The molecule has 3 N–H and O–H groups in total. The highest BCUT2D eigenvalue weighted by atomic mass is 19.1. The number of carbonyl (C=O) groups is 1. The molecule has 0 spiro atoms. The number of benzene rings is 1. The molecule has 0 fully saturated rings. The maximum Gasteiger partial charge on any atom is 0.274 e. The van der Waals surface area contributed by atoms with Crippen LogP contribution in [0.15, 0.2) is 36.5 Å². The van der Waals surface area contributed by atoms with Crippen LogP contribution < -0.4 is 11.1 Å². The maximum atomic E-state index is 13.5. The van der Waals surface area contributed by atoms with Gasteiger partial charge in [0.05, 0.1) is 5.69 Å². The fourth-order valence-corrected chi connectivity index (χ4v) is 1.57. The number of hydrogen-bond acceptors (Lipinski definition) is 3. The van der Waals surface area contributed by atoms with Crippen molar-refractivity contribution in [2.24, 2.45) is 0 Å². The molecule has 0 bridgehead atoms. The van der Waals surface area contributed by atoms with Gasteiger partial charge in [-0.3, -0.25) is 9.78 Å². The third-order valence-electron chi connectivity index (χ3n) is 2.51. The average Bonchev–Trinajstić information content (AvgIpc) is 2.34. The molecule has 1 heterocycles. The second-order valence-electron chi connectivity index (χ2n) is 3.83. The first-order chi connectivity index (χ1) is 8.59. The fourth-order valence-electron chi connectivity index (χ4n) is 1.57. The van der Waals surface area contributed by atoms with E-state index in [1.165, 1.54) is 24.4 Å². The van der Waals surface area contributed by atoms with Gasteiger partial charge in [0.25, 0.3) is 5.91 Å². The molecule has 0 saturated carbocycles. The van der Waals surface area contributed by atoms with E-state index in [9.17, 15) is 9.18 Å². The molecule has 18 heavy (non-hydrogen) atoms. The van der Waals surface area contributed by atoms with Crippen LogP contribution in [-0.2, 0) is 0 Å². The number of carbonyl (C=O) groups excluding carboxylic acids is 1. The highest BCUT2D eigenvalue weighted by molar-refractivity contribution is 6.05.